The maximum Gasteiger partial charge on any atom is 0.123 e. The van der Waals surface area contributed by atoms with Gasteiger partial charge in [-0.2, -0.15) is 0 Å². The lowest BCUT2D eigenvalue weighted by atomic mass is 10.00. The molecule has 1 unspecified atom stereocenters. The van der Waals surface area contributed by atoms with Gasteiger partial charge >= 0.3 is 0 Å². The third kappa shape index (κ3) is 2.94. The highest BCUT2D eigenvalue weighted by molar-refractivity contribution is 5.32. The molecule has 0 aromatic heterocycles. The molecule has 2 rings (SSSR count). The minimum Gasteiger partial charge on any atom is -0.384 e. The van der Waals surface area contributed by atoms with Crippen LogP contribution in [0.25, 0.3) is 0 Å². The molecule has 3 heteroatoms. The number of halogens is 1. The molecule has 2 aromatic carbocycles. The van der Waals surface area contributed by atoms with Crippen molar-refractivity contribution in [3.05, 3.63) is 71.0 Å². The Bertz CT molecular complexity index is 508. The molecule has 0 spiro atoms. The lowest BCUT2D eigenvalue weighted by Crippen LogP contribution is -2.00. The molecule has 0 fully saturated rings. The first-order valence-electron chi connectivity index (χ1n) is 5.72. The standard InChI is InChI=1S/C15H15FO2/c1-18-10-11-3-2-4-13(9-11)15(17)12-5-7-14(16)8-6-12/h2-9,15,17H,10H2,1H3. The van der Waals surface area contributed by atoms with Gasteiger partial charge in [0.15, 0.2) is 0 Å². The summed E-state index contributed by atoms with van der Waals surface area (Å²) in [4.78, 5) is 0. The van der Waals surface area contributed by atoms with Crippen molar-refractivity contribution in [2.24, 2.45) is 0 Å². The van der Waals surface area contributed by atoms with Crippen molar-refractivity contribution in [2.75, 3.05) is 7.11 Å². The molecule has 2 nitrogen and oxygen atoms in total. The summed E-state index contributed by atoms with van der Waals surface area (Å²) < 4.78 is 17.9. The van der Waals surface area contributed by atoms with E-state index in [0.717, 1.165) is 11.1 Å². The second-order valence-electron chi connectivity index (χ2n) is 4.13. The van der Waals surface area contributed by atoms with Crippen LogP contribution in [0.3, 0.4) is 0 Å². The van der Waals surface area contributed by atoms with E-state index >= 15 is 0 Å². The summed E-state index contributed by atoms with van der Waals surface area (Å²) >= 11 is 0. The van der Waals surface area contributed by atoms with Gasteiger partial charge in [-0.1, -0.05) is 36.4 Å². The van der Waals surface area contributed by atoms with Gasteiger partial charge < -0.3 is 9.84 Å². The van der Waals surface area contributed by atoms with Crippen LogP contribution in [0.5, 0.6) is 0 Å². The maximum atomic E-state index is 12.8. The first-order valence-corrected chi connectivity index (χ1v) is 5.72. The number of hydrogen-bond donors (Lipinski definition) is 1. The van der Waals surface area contributed by atoms with Crippen LogP contribution in [-0.4, -0.2) is 12.2 Å². The molecule has 0 aliphatic rings. The van der Waals surface area contributed by atoms with E-state index in [1.807, 2.05) is 24.3 Å². The van der Waals surface area contributed by atoms with Crippen molar-refractivity contribution in [3.8, 4) is 0 Å². The number of methoxy groups -OCH3 is 1. The molecule has 0 saturated heterocycles. The first kappa shape index (κ1) is 12.7. The Morgan fingerprint density at radius 1 is 1.11 bits per heavy atom. The zero-order valence-corrected chi connectivity index (χ0v) is 10.1. The van der Waals surface area contributed by atoms with Crippen LogP contribution in [-0.2, 0) is 11.3 Å². The summed E-state index contributed by atoms with van der Waals surface area (Å²) in [6.07, 6.45) is -0.748. The van der Waals surface area contributed by atoms with Crippen molar-refractivity contribution in [2.45, 2.75) is 12.7 Å². The number of rotatable bonds is 4. The molecule has 2 aromatic rings. The molecule has 0 amide bonds. The molecule has 0 heterocycles. The van der Waals surface area contributed by atoms with Crippen molar-refractivity contribution < 1.29 is 14.2 Å². The van der Waals surface area contributed by atoms with Crippen LogP contribution in [0.2, 0.25) is 0 Å². The second-order valence-corrected chi connectivity index (χ2v) is 4.13. The monoisotopic (exact) mass is 246 g/mol. The van der Waals surface area contributed by atoms with Crippen LogP contribution in [0.1, 0.15) is 22.8 Å². The normalized spacial score (nSPS) is 12.4. The minimum absolute atomic E-state index is 0.306. The smallest absolute Gasteiger partial charge is 0.123 e. The molecular weight excluding hydrogens is 231 g/mol. The average Bonchev–Trinajstić information content (AvgIpc) is 2.39. The van der Waals surface area contributed by atoms with Crippen LogP contribution >= 0.6 is 0 Å². The van der Waals surface area contributed by atoms with E-state index in [0.29, 0.717) is 12.2 Å². The molecule has 0 radical (unpaired) electrons. The molecule has 94 valence electrons. The zero-order valence-electron chi connectivity index (χ0n) is 10.1. The van der Waals surface area contributed by atoms with Gasteiger partial charge in [0.1, 0.15) is 11.9 Å². The van der Waals surface area contributed by atoms with Gasteiger partial charge in [0, 0.05) is 7.11 Å². The summed E-state index contributed by atoms with van der Waals surface area (Å²) in [7, 11) is 1.63. The van der Waals surface area contributed by atoms with Crippen molar-refractivity contribution in [1.82, 2.24) is 0 Å². The summed E-state index contributed by atoms with van der Waals surface area (Å²) in [6.45, 7) is 0.504. The number of benzene rings is 2. The Hall–Kier alpha value is -1.71. The van der Waals surface area contributed by atoms with Crippen LogP contribution in [0.15, 0.2) is 48.5 Å². The van der Waals surface area contributed by atoms with Gasteiger partial charge in [-0.25, -0.2) is 4.39 Å². The third-order valence-corrected chi connectivity index (χ3v) is 2.76. The fourth-order valence-corrected chi connectivity index (χ4v) is 1.86. The van der Waals surface area contributed by atoms with Crippen molar-refractivity contribution in [3.63, 3.8) is 0 Å². The SMILES string of the molecule is COCc1cccc(C(O)c2ccc(F)cc2)c1. The zero-order chi connectivity index (χ0) is 13.0. The van der Waals surface area contributed by atoms with Gasteiger partial charge in [0.25, 0.3) is 0 Å². The molecule has 0 bridgehead atoms. The fourth-order valence-electron chi connectivity index (χ4n) is 1.86. The largest absolute Gasteiger partial charge is 0.384 e. The van der Waals surface area contributed by atoms with Gasteiger partial charge in [-0.05, 0) is 28.8 Å². The Labute approximate surface area is 106 Å². The number of aliphatic hydroxyl groups excluding tert-OH is 1. The molecule has 18 heavy (non-hydrogen) atoms. The Kier molecular flexibility index (Phi) is 4.07. The Morgan fingerprint density at radius 2 is 1.83 bits per heavy atom. The predicted molar refractivity (Wildman–Crippen MR) is 67.6 cm³/mol. The van der Waals surface area contributed by atoms with Crippen LogP contribution in [0, 0.1) is 5.82 Å². The Morgan fingerprint density at radius 3 is 2.50 bits per heavy atom. The number of aliphatic hydroxyl groups is 1. The summed E-state index contributed by atoms with van der Waals surface area (Å²) in [5, 5.41) is 10.2. The van der Waals surface area contributed by atoms with E-state index in [2.05, 4.69) is 0 Å². The highest BCUT2D eigenvalue weighted by Crippen LogP contribution is 2.23. The van der Waals surface area contributed by atoms with Gasteiger partial charge in [0.05, 0.1) is 6.61 Å². The van der Waals surface area contributed by atoms with E-state index < -0.39 is 6.10 Å². The van der Waals surface area contributed by atoms with E-state index in [1.165, 1.54) is 12.1 Å². The fraction of sp³-hybridized carbons (Fsp3) is 0.200. The number of ether oxygens (including phenoxy) is 1. The summed E-state index contributed by atoms with van der Waals surface area (Å²) in [6, 6.07) is 13.4. The highest BCUT2D eigenvalue weighted by atomic mass is 19.1. The quantitative estimate of drug-likeness (QED) is 0.898. The van der Waals surface area contributed by atoms with Gasteiger partial charge in [0.2, 0.25) is 0 Å². The van der Waals surface area contributed by atoms with Crippen molar-refractivity contribution >= 4 is 0 Å². The van der Waals surface area contributed by atoms with Crippen LogP contribution in [0.4, 0.5) is 4.39 Å². The second kappa shape index (κ2) is 5.76. The predicted octanol–water partition coefficient (Wildman–Crippen LogP) is 3.05. The van der Waals surface area contributed by atoms with Gasteiger partial charge in [-0.3, -0.25) is 0 Å². The van der Waals surface area contributed by atoms with E-state index in [1.54, 1.807) is 19.2 Å². The van der Waals surface area contributed by atoms with Gasteiger partial charge in [-0.15, -0.1) is 0 Å². The average molecular weight is 246 g/mol. The molecule has 0 aliphatic carbocycles. The molecular formula is C15H15FO2. The topological polar surface area (TPSA) is 29.5 Å². The van der Waals surface area contributed by atoms with E-state index in [9.17, 15) is 9.50 Å². The van der Waals surface area contributed by atoms with Crippen LogP contribution < -0.4 is 0 Å². The summed E-state index contributed by atoms with van der Waals surface area (Å²) in [5.41, 5.74) is 2.44. The molecule has 0 saturated carbocycles. The lowest BCUT2D eigenvalue weighted by molar-refractivity contribution is 0.184. The van der Waals surface area contributed by atoms with E-state index in [4.69, 9.17) is 4.74 Å². The minimum atomic E-state index is -0.748. The Balaban J connectivity index is 2.24. The maximum absolute atomic E-state index is 12.8. The highest BCUT2D eigenvalue weighted by Gasteiger charge is 2.10. The number of hydrogen-bond acceptors (Lipinski definition) is 2. The first-order chi connectivity index (χ1) is 8.70. The molecule has 0 aliphatic heterocycles. The summed E-state index contributed by atoms with van der Waals surface area (Å²) in [5.74, 6) is -0.306. The van der Waals surface area contributed by atoms with E-state index in [-0.39, 0.29) is 5.82 Å². The molecule has 1 N–H and O–H groups in total. The van der Waals surface area contributed by atoms with Crippen molar-refractivity contribution in [1.29, 1.82) is 0 Å². The third-order valence-electron chi connectivity index (χ3n) is 2.76. The molecule has 1 atom stereocenters. The lowest BCUT2D eigenvalue weighted by Gasteiger charge is -2.12.